The Bertz CT molecular complexity index is 740. The Balaban J connectivity index is 1.58. The van der Waals surface area contributed by atoms with Crippen molar-refractivity contribution in [1.82, 2.24) is 24.8 Å². The Morgan fingerprint density at radius 3 is 2.88 bits per heavy atom. The molecule has 1 amide bonds. The van der Waals surface area contributed by atoms with Crippen molar-refractivity contribution in [2.24, 2.45) is 0 Å². The van der Waals surface area contributed by atoms with Crippen LogP contribution in [0.2, 0.25) is 0 Å². The normalized spacial score (nSPS) is 19.8. The number of hydrogen-bond donors (Lipinski definition) is 1. The number of hydrogen-bond acceptors (Lipinski definition) is 7. The molecule has 0 spiro atoms. The maximum Gasteiger partial charge on any atom is 0.242 e. The van der Waals surface area contributed by atoms with Crippen LogP contribution in [0.5, 0.6) is 0 Å². The highest BCUT2D eigenvalue weighted by Gasteiger charge is 2.29. The lowest BCUT2D eigenvalue weighted by atomic mass is 10.2. The molecule has 0 aliphatic carbocycles. The lowest BCUT2D eigenvalue weighted by Gasteiger charge is -2.36. The number of ether oxygens (including phenoxy) is 1. The second kappa shape index (κ2) is 7.32. The number of rotatable bonds is 5. The first-order valence-corrected chi connectivity index (χ1v) is 8.40. The van der Waals surface area contributed by atoms with Gasteiger partial charge in [-0.15, -0.1) is 0 Å². The molecule has 3 rings (SSSR count). The molecule has 9 nitrogen and oxygen atoms in total. The first-order chi connectivity index (χ1) is 11.9. The molecule has 0 radical (unpaired) electrons. The molecule has 1 aliphatic heterocycles. The average Bonchev–Trinajstić information content (AvgIpc) is 3.11. The van der Waals surface area contributed by atoms with E-state index in [4.69, 9.17) is 9.26 Å². The van der Waals surface area contributed by atoms with Crippen LogP contribution in [-0.4, -0.2) is 62.6 Å². The van der Waals surface area contributed by atoms with E-state index >= 15 is 0 Å². The van der Waals surface area contributed by atoms with Crippen molar-refractivity contribution in [2.45, 2.75) is 46.4 Å². The van der Waals surface area contributed by atoms with Crippen molar-refractivity contribution in [1.29, 1.82) is 0 Å². The number of nitrogens with one attached hydrogen (secondary N) is 1. The highest BCUT2D eigenvalue weighted by molar-refractivity contribution is 5.93. The quantitative estimate of drug-likeness (QED) is 0.858. The number of carbonyl (C=O) groups is 1. The zero-order valence-electron chi connectivity index (χ0n) is 15.0. The summed E-state index contributed by atoms with van der Waals surface area (Å²) >= 11 is 0. The van der Waals surface area contributed by atoms with Gasteiger partial charge in [0.2, 0.25) is 5.91 Å². The minimum absolute atomic E-state index is 0.0295. The van der Waals surface area contributed by atoms with E-state index < -0.39 is 0 Å². The third kappa shape index (κ3) is 4.23. The molecule has 0 aromatic carbocycles. The van der Waals surface area contributed by atoms with Crippen molar-refractivity contribution in [3.63, 3.8) is 0 Å². The first-order valence-electron chi connectivity index (χ1n) is 8.40. The lowest BCUT2D eigenvalue weighted by Crippen LogP contribution is -2.51. The summed E-state index contributed by atoms with van der Waals surface area (Å²) in [5, 5.41) is 11.0. The third-order valence-electron chi connectivity index (χ3n) is 4.32. The van der Waals surface area contributed by atoms with Gasteiger partial charge in [-0.25, -0.2) is 9.67 Å². The molecular formula is C16H24N6O3. The Labute approximate surface area is 146 Å². The van der Waals surface area contributed by atoms with Crippen molar-refractivity contribution in [2.75, 3.05) is 25.0 Å². The number of amides is 1. The zero-order valence-corrected chi connectivity index (χ0v) is 15.0. The van der Waals surface area contributed by atoms with Crippen LogP contribution >= 0.6 is 0 Å². The van der Waals surface area contributed by atoms with E-state index in [9.17, 15) is 4.79 Å². The fourth-order valence-electron chi connectivity index (χ4n) is 2.95. The molecular weight excluding hydrogens is 324 g/mol. The van der Waals surface area contributed by atoms with Gasteiger partial charge in [-0.2, -0.15) is 5.10 Å². The van der Waals surface area contributed by atoms with Crippen LogP contribution in [0, 0.1) is 20.8 Å². The predicted molar refractivity (Wildman–Crippen MR) is 90.1 cm³/mol. The fraction of sp³-hybridized carbons (Fsp3) is 0.625. The summed E-state index contributed by atoms with van der Waals surface area (Å²) < 4.78 is 12.7. The highest BCUT2D eigenvalue weighted by atomic mass is 16.5. The van der Waals surface area contributed by atoms with Gasteiger partial charge in [-0.1, -0.05) is 5.16 Å². The van der Waals surface area contributed by atoms with Gasteiger partial charge >= 0.3 is 0 Å². The SMILES string of the molecule is Cc1nc(C)n(C[C@H]2CN([C@@H](C)C(=O)Nc3cc(C)on3)CCO2)n1. The molecule has 9 heteroatoms. The fourth-order valence-corrected chi connectivity index (χ4v) is 2.95. The molecule has 0 bridgehead atoms. The molecule has 1 saturated heterocycles. The maximum absolute atomic E-state index is 12.4. The van der Waals surface area contributed by atoms with Gasteiger partial charge < -0.3 is 14.6 Å². The van der Waals surface area contributed by atoms with Gasteiger partial charge in [0.15, 0.2) is 5.82 Å². The summed E-state index contributed by atoms with van der Waals surface area (Å²) in [5.41, 5.74) is 0. The second-order valence-electron chi connectivity index (χ2n) is 6.36. The zero-order chi connectivity index (χ0) is 18.0. The highest BCUT2D eigenvalue weighted by Crippen LogP contribution is 2.14. The van der Waals surface area contributed by atoms with Gasteiger partial charge in [-0.05, 0) is 27.7 Å². The van der Waals surface area contributed by atoms with E-state index in [1.54, 1.807) is 13.0 Å². The largest absolute Gasteiger partial charge is 0.374 e. The number of aromatic nitrogens is 4. The summed E-state index contributed by atoms with van der Waals surface area (Å²) in [6.45, 7) is 10.0. The summed E-state index contributed by atoms with van der Waals surface area (Å²) in [4.78, 5) is 18.9. The van der Waals surface area contributed by atoms with E-state index in [1.807, 2.05) is 25.5 Å². The number of nitrogens with zero attached hydrogens (tertiary/aromatic N) is 5. The van der Waals surface area contributed by atoms with Crippen molar-refractivity contribution in [3.05, 3.63) is 23.5 Å². The molecule has 2 aromatic rings. The first kappa shape index (κ1) is 17.6. The molecule has 1 N–H and O–H groups in total. The van der Waals surface area contributed by atoms with E-state index in [0.29, 0.717) is 37.8 Å². The van der Waals surface area contributed by atoms with Gasteiger partial charge in [-0.3, -0.25) is 9.69 Å². The summed E-state index contributed by atoms with van der Waals surface area (Å²) in [5.74, 6) is 2.61. The number of anilines is 1. The molecule has 1 fully saturated rings. The Morgan fingerprint density at radius 2 is 2.24 bits per heavy atom. The molecule has 0 unspecified atom stereocenters. The minimum atomic E-state index is -0.290. The molecule has 1 aliphatic rings. The van der Waals surface area contributed by atoms with Crippen LogP contribution in [0.15, 0.2) is 10.6 Å². The van der Waals surface area contributed by atoms with Crippen LogP contribution in [0.4, 0.5) is 5.82 Å². The smallest absolute Gasteiger partial charge is 0.242 e. The minimum Gasteiger partial charge on any atom is -0.374 e. The Kier molecular flexibility index (Phi) is 5.14. The van der Waals surface area contributed by atoms with E-state index in [0.717, 1.165) is 11.6 Å². The number of morpholine rings is 1. The van der Waals surface area contributed by atoms with Gasteiger partial charge in [0.25, 0.3) is 0 Å². The van der Waals surface area contributed by atoms with Crippen LogP contribution in [0.25, 0.3) is 0 Å². The molecule has 25 heavy (non-hydrogen) atoms. The van der Waals surface area contributed by atoms with Crippen LogP contribution in [0.1, 0.15) is 24.3 Å². The van der Waals surface area contributed by atoms with Crippen LogP contribution < -0.4 is 5.32 Å². The molecule has 0 saturated carbocycles. The van der Waals surface area contributed by atoms with Crippen molar-refractivity contribution in [3.8, 4) is 0 Å². The molecule has 3 heterocycles. The Hall–Kier alpha value is -2.26. The number of carbonyl (C=O) groups excluding carboxylic acids is 1. The summed E-state index contributed by atoms with van der Waals surface area (Å²) in [6, 6.07) is 1.41. The van der Waals surface area contributed by atoms with E-state index in [2.05, 4.69) is 25.5 Å². The van der Waals surface area contributed by atoms with Gasteiger partial charge in [0.1, 0.15) is 17.4 Å². The molecule has 136 valence electrons. The number of aryl methyl sites for hydroxylation is 3. The van der Waals surface area contributed by atoms with Gasteiger partial charge in [0.05, 0.1) is 25.3 Å². The topological polar surface area (TPSA) is 98.3 Å². The molecule has 2 aromatic heterocycles. The predicted octanol–water partition coefficient (Wildman–Crippen LogP) is 0.919. The summed E-state index contributed by atoms with van der Waals surface area (Å²) in [6.07, 6.45) is -0.0295. The monoisotopic (exact) mass is 348 g/mol. The van der Waals surface area contributed by atoms with Crippen LogP contribution in [0.3, 0.4) is 0 Å². The average molecular weight is 348 g/mol. The maximum atomic E-state index is 12.4. The van der Waals surface area contributed by atoms with Crippen LogP contribution in [-0.2, 0) is 16.1 Å². The Morgan fingerprint density at radius 1 is 1.44 bits per heavy atom. The van der Waals surface area contributed by atoms with E-state index in [-0.39, 0.29) is 18.1 Å². The summed E-state index contributed by atoms with van der Waals surface area (Å²) in [7, 11) is 0. The van der Waals surface area contributed by atoms with Crippen molar-refractivity contribution < 1.29 is 14.1 Å². The third-order valence-corrected chi connectivity index (χ3v) is 4.32. The second-order valence-corrected chi connectivity index (χ2v) is 6.36. The van der Waals surface area contributed by atoms with E-state index in [1.165, 1.54) is 0 Å². The standard InChI is InChI=1S/C16H24N6O3/c1-10-7-15(20-25-10)18-16(23)11(2)21-5-6-24-14(8-21)9-22-13(4)17-12(3)19-22/h7,11,14H,5-6,8-9H2,1-4H3,(H,18,20,23)/t11-,14+/m0/s1. The molecule has 2 atom stereocenters. The lowest BCUT2D eigenvalue weighted by molar-refractivity contribution is -0.124. The van der Waals surface area contributed by atoms with Gasteiger partial charge in [0, 0.05) is 19.2 Å². The van der Waals surface area contributed by atoms with Crippen molar-refractivity contribution >= 4 is 11.7 Å².